The minimum absolute atomic E-state index is 0.167. The normalized spacial score (nSPS) is 11.2. The zero-order valence-electron chi connectivity index (χ0n) is 10.3. The molecular weight excluding hydrogens is 252 g/mol. The molecule has 0 heterocycles. The Bertz CT molecular complexity index is 469. The number of anilines is 1. The molecule has 0 saturated heterocycles. The van der Waals surface area contributed by atoms with Crippen molar-refractivity contribution < 1.29 is 9.53 Å². The van der Waals surface area contributed by atoms with Gasteiger partial charge in [-0.25, -0.2) is 0 Å². The number of hydrogen-bond acceptors (Lipinski definition) is 3. The summed E-state index contributed by atoms with van der Waals surface area (Å²) in [5.41, 5.74) is 0.740. The number of carbonyl (C=O) groups is 1. The van der Waals surface area contributed by atoms with Crippen LogP contribution in [0.1, 0.15) is 6.92 Å². The minimum atomic E-state index is -0.400. The molecule has 1 aromatic rings. The maximum atomic E-state index is 11.6. The van der Waals surface area contributed by atoms with E-state index in [0.717, 1.165) is 5.69 Å². The molecule has 96 valence electrons. The quantitative estimate of drug-likeness (QED) is 0.801. The van der Waals surface area contributed by atoms with Crippen molar-refractivity contribution in [2.24, 2.45) is 0 Å². The Hall–Kier alpha value is -1.86. The highest BCUT2D eigenvalue weighted by molar-refractivity contribution is 6.32. The number of terminal acetylenes is 1. The SMILES string of the molecule is C#CCNC(=O)C(C)Nc1ccc(OC)c(Cl)c1. The number of halogens is 1. The van der Waals surface area contributed by atoms with Crippen molar-refractivity contribution in [2.45, 2.75) is 13.0 Å². The van der Waals surface area contributed by atoms with Gasteiger partial charge in [-0.2, -0.15) is 0 Å². The summed E-state index contributed by atoms with van der Waals surface area (Å²) in [7, 11) is 1.55. The van der Waals surface area contributed by atoms with Crippen LogP contribution in [0.25, 0.3) is 0 Å². The standard InChI is InChI=1S/C13H15ClN2O2/c1-4-7-15-13(17)9(2)16-10-5-6-12(18-3)11(14)8-10/h1,5-6,8-9,16H,7H2,2-3H3,(H,15,17). The summed E-state index contributed by atoms with van der Waals surface area (Å²) in [6.07, 6.45) is 5.06. The van der Waals surface area contributed by atoms with Crippen LogP contribution in [-0.4, -0.2) is 25.6 Å². The molecule has 0 bridgehead atoms. The van der Waals surface area contributed by atoms with Gasteiger partial charge in [-0.05, 0) is 25.1 Å². The minimum Gasteiger partial charge on any atom is -0.495 e. The van der Waals surface area contributed by atoms with Crippen LogP contribution >= 0.6 is 11.6 Å². The van der Waals surface area contributed by atoms with Gasteiger partial charge in [0.2, 0.25) is 5.91 Å². The summed E-state index contributed by atoms with van der Waals surface area (Å²) in [5, 5.41) is 6.10. The van der Waals surface area contributed by atoms with E-state index in [9.17, 15) is 4.79 Å². The first-order valence-corrected chi connectivity index (χ1v) is 5.77. The Labute approximate surface area is 112 Å². The van der Waals surface area contributed by atoms with E-state index in [1.54, 1.807) is 32.2 Å². The van der Waals surface area contributed by atoms with E-state index in [-0.39, 0.29) is 12.5 Å². The van der Waals surface area contributed by atoms with Crippen LogP contribution in [0.3, 0.4) is 0 Å². The van der Waals surface area contributed by atoms with Crippen molar-refractivity contribution in [1.29, 1.82) is 0 Å². The molecule has 0 aliphatic rings. The first-order valence-electron chi connectivity index (χ1n) is 5.39. The zero-order chi connectivity index (χ0) is 13.5. The van der Waals surface area contributed by atoms with E-state index in [0.29, 0.717) is 10.8 Å². The molecule has 0 spiro atoms. The fourth-order valence-corrected chi connectivity index (χ4v) is 1.62. The van der Waals surface area contributed by atoms with Crippen molar-refractivity contribution in [2.75, 3.05) is 19.0 Å². The molecule has 1 atom stereocenters. The molecule has 0 radical (unpaired) electrons. The van der Waals surface area contributed by atoms with Gasteiger partial charge in [-0.3, -0.25) is 4.79 Å². The van der Waals surface area contributed by atoms with Crippen molar-refractivity contribution in [3.63, 3.8) is 0 Å². The smallest absolute Gasteiger partial charge is 0.242 e. The molecule has 0 saturated carbocycles. The molecule has 4 nitrogen and oxygen atoms in total. The third kappa shape index (κ3) is 3.86. The van der Waals surface area contributed by atoms with Crippen LogP contribution in [-0.2, 0) is 4.79 Å². The lowest BCUT2D eigenvalue weighted by Gasteiger charge is -2.15. The lowest BCUT2D eigenvalue weighted by atomic mass is 10.2. The number of benzene rings is 1. The average Bonchev–Trinajstić information content (AvgIpc) is 2.36. The molecule has 1 rings (SSSR count). The topological polar surface area (TPSA) is 50.4 Å². The fraction of sp³-hybridized carbons (Fsp3) is 0.308. The molecule has 0 aromatic heterocycles. The van der Waals surface area contributed by atoms with Crippen LogP contribution in [0.2, 0.25) is 5.02 Å². The molecule has 18 heavy (non-hydrogen) atoms. The molecule has 2 N–H and O–H groups in total. The first kappa shape index (κ1) is 14.2. The van der Waals surface area contributed by atoms with E-state index in [1.807, 2.05) is 0 Å². The zero-order valence-corrected chi connectivity index (χ0v) is 11.0. The maximum absolute atomic E-state index is 11.6. The van der Waals surface area contributed by atoms with Crippen molar-refractivity contribution in [1.82, 2.24) is 5.32 Å². The summed E-state index contributed by atoms with van der Waals surface area (Å²) >= 11 is 5.98. The number of rotatable bonds is 5. The van der Waals surface area contributed by atoms with Gasteiger partial charge in [0.15, 0.2) is 0 Å². The van der Waals surface area contributed by atoms with Gasteiger partial charge in [-0.15, -0.1) is 6.42 Å². The van der Waals surface area contributed by atoms with Crippen LogP contribution < -0.4 is 15.4 Å². The number of amides is 1. The van der Waals surface area contributed by atoms with Gasteiger partial charge < -0.3 is 15.4 Å². The third-order valence-corrected chi connectivity index (χ3v) is 2.59. The van der Waals surface area contributed by atoms with Crippen LogP contribution in [0.15, 0.2) is 18.2 Å². The van der Waals surface area contributed by atoms with Crippen LogP contribution in [0.5, 0.6) is 5.75 Å². The highest BCUT2D eigenvalue weighted by Gasteiger charge is 2.12. The number of ether oxygens (including phenoxy) is 1. The summed E-state index contributed by atoms with van der Waals surface area (Å²) < 4.78 is 5.04. The van der Waals surface area contributed by atoms with Crippen LogP contribution in [0, 0.1) is 12.3 Å². The monoisotopic (exact) mass is 266 g/mol. The van der Waals surface area contributed by atoms with Gasteiger partial charge in [0, 0.05) is 5.69 Å². The van der Waals surface area contributed by atoms with Crippen molar-refractivity contribution in [3.05, 3.63) is 23.2 Å². The largest absolute Gasteiger partial charge is 0.495 e. The second-order valence-electron chi connectivity index (χ2n) is 3.64. The van der Waals surface area contributed by atoms with Crippen molar-refractivity contribution >= 4 is 23.2 Å². The average molecular weight is 267 g/mol. The Balaban J connectivity index is 2.65. The van der Waals surface area contributed by atoms with Gasteiger partial charge in [0.25, 0.3) is 0 Å². The highest BCUT2D eigenvalue weighted by atomic mass is 35.5. The molecule has 1 unspecified atom stereocenters. The first-order chi connectivity index (χ1) is 8.58. The third-order valence-electron chi connectivity index (χ3n) is 2.29. The van der Waals surface area contributed by atoms with E-state index in [4.69, 9.17) is 22.8 Å². The number of hydrogen-bond donors (Lipinski definition) is 2. The van der Waals surface area contributed by atoms with Gasteiger partial charge in [0.05, 0.1) is 18.7 Å². The molecule has 0 aliphatic carbocycles. The fourth-order valence-electron chi connectivity index (χ4n) is 1.36. The lowest BCUT2D eigenvalue weighted by Crippen LogP contribution is -2.37. The summed E-state index contributed by atoms with van der Waals surface area (Å²) in [6.45, 7) is 1.96. The predicted octanol–water partition coefficient (Wildman–Crippen LogP) is 1.90. The van der Waals surface area contributed by atoms with E-state index < -0.39 is 6.04 Å². The Kier molecular flexibility index (Phi) is 5.34. The van der Waals surface area contributed by atoms with Gasteiger partial charge in [-0.1, -0.05) is 17.5 Å². The second kappa shape index (κ2) is 6.77. The summed E-state index contributed by atoms with van der Waals surface area (Å²) in [6, 6.07) is 4.82. The Morgan fingerprint density at radius 3 is 2.89 bits per heavy atom. The predicted molar refractivity (Wildman–Crippen MR) is 72.9 cm³/mol. The molecule has 1 aromatic carbocycles. The van der Waals surface area contributed by atoms with E-state index >= 15 is 0 Å². The molecule has 0 aliphatic heterocycles. The number of nitrogens with one attached hydrogen (secondary N) is 2. The van der Waals surface area contributed by atoms with Crippen molar-refractivity contribution in [3.8, 4) is 18.1 Å². The number of methoxy groups -OCH3 is 1. The van der Waals surface area contributed by atoms with Crippen LogP contribution in [0.4, 0.5) is 5.69 Å². The van der Waals surface area contributed by atoms with E-state index in [1.165, 1.54) is 0 Å². The molecule has 1 amide bonds. The lowest BCUT2D eigenvalue weighted by molar-refractivity contribution is -0.121. The molecule has 5 heteroatoms. The molecular formula is C13H15ClN2O2. The maximum Gasteiger partial charge on any atom is 0.242 e. The number of carbonyl (C=O) groups excluding carboxylic acids is 1. The van der Waals surface area contributed by atoms with E-state index in [2.05, 4.69) is 16.6 Å². The Morgan fingerprint density at radius 2 is 2.33 bits per heavy atom. The highest BCUT2D eigenvalue weighted by Crippen LogP contribution is 2.27. The molecule has 0 fully saturated rings. The van der Waals surface area contributed by atoms with Gasteiger partial charge >= 0.3 is 0 Å². The Morgan fingerprint density at radius 1 is 1.61 bits per heavy atom. The summed E-state index contributed by atoms with van der Waals surface area (Å²) in [4.78, 5) is 11.6. The second-order valence-corrected chi connectivity index (χ2v) is 4.04. The van der Waals surface area contributed by atoms with Gasteiger partial charge in [0.1, 0.15) is 11.8 Å². The summed E-state index contributed by atoms with van der Waals surface area (Å²) in [5.74, 6) is 2.77.